The second-order valence-corrected chi connectivity index (χ2v) is 9.55. The topological polar surface area (TPSA) is 62.6 Å². The highest BCUT2D eigenvalue weighted by atomic mass is 19.4. The van der Waals surface area contributed by atoms with Gasteiger partial charge >= 0.3 is 6.18 Å². The van der Waals surface area contributed by atoms with E-state index in [1.165, 1.54) is 0 Å². The normalized spacial score (nSPS) is 25.0. The molecule has 4 rings (SSSR count). The summed E-state index contributed by atoms with van der Waals surface area (Å²) in [6, 6.07) is 1.42. The van der Waals surface area contributed by atoms with Gasteiger partial charge in [0.2, 0.25) is 0 Å². The summed E-state index contributed by atoms with van der Waals surface area (Å²) < 4.78 is 47.5. The van der Waals surface area contributed by atoms with Crippen LogP contribution in [0.4, 0.5) is 19.0 Å². The maximum atomic E-state index is 13.5. The summed E-state index contributed by atoms with van der Waals surface area (Å²) in [4.78, 5) is 5.99. The molecule has 188 valence electrons. The van der Waals surface area contributed by atoms with Crippen LogP contribution in [0.5, 0.6) is 0 Å². The highest BCUT2D eigenvalue weighted by molar-refractivity contribution is 5.64. The fraction of sp³-hybridized carbons (Fsp3) is 0.696. The monoisotopic (exact) mass is 481 g/mol. The molecule has 0 bridgehead atoms. The Morgan fingerprint density at radius 2 is 1.79 bits per heavy atom. The third kappa shape index (κ3) is 4.65. The van der Waals surface area contributed by atoms with Crippen LogP contribution in [-0.4, -0.2) is 94.1 Å². The Kier molecular flexibility index (Phi) is 6.90. The molecule has 0 aromatic carbocycles. The van der Waals surface area contributed by atoms with E-state index in [-0.39, 0.29) is 6.04 Å². The molecule has 0 saturated carbocycles. The lowest BCUT2D eigenvalue weighted by molar-refractivity contribution is -0.217. The average Bonchev–Trinajstić information content (AvgIpc) is 3.33. The van der Waals surface area contributed by atoms with Crippen LogP contribution in [0.1, 0.15) is 30.9 Å². The van der Waals surface area contributed by atoms with Crippen molar-refractivity contribution in [1.82, 2.24) is 29.8 Å². The number of alkyl halides is 3. The van der Waals surface area contributed by atoms with E-state index in [1.54, 1.807) is 29.7 Å². The van der Waals surface area contributed by atoms with Gasteiger partial charge in [0.15, 0.2) is 11.9 Å². The van der Waals surface area contributed by atoms with Gasteiger partial charge in [-0.2, -0.15) is 18.3 Å². The van der Waals surface area contributed by atoms with Crippen LogP contribution >= 0.6 is 0 Å². The summed E-state index contributed by atoms with van der Waals surface area (Å²) in [5.41, 5.74) is 3.91. The Morgan fingerprint density at radius 3 is 2.38 bits per heavy atom. The average molecular weight is 482 g/mol. The van der Waals surface area contributed by atoms with E-state index in [4.69, 9.17) is 4.74 Å². The number of aromatic nitrogens is 4. The van der Waals surface area contributed by atoms with E-state index in [0.29, 0.717) is 6.54 Å². The molecule has 0 radical (unpaired) electrons. The molecule has 2 aromatic rings. The van der Waals surface area contributed by atoms with Crippen molar-refractivity contribution in [1.29, 1.82) is 0 Å². The van der Waals surface area contributed by atoms with Crippen molar-refractivity contribution in [3.63, 3.8) is 0 Å². The number of ether oxygens (including phenoxy) is 1. The fourth-order valence-electron chi connectivity index (χ4n) is 5.11. The first kappa shape index (κ1) is 24.9. The molecule has 2 saturated heterocycles. The predicted octanol–water partition coefficient (Wildman–Crippen LogP) is 3.00. The zero-order chi connectivity index (χ0) is 24.8. The number of aryl methyl sites for hydroxylation is 1. The summed E-state index contributed by atoms with van der Waals surface area (Å²) >= 11 is 0. The number of rotatable bonds is 5. The molecule has 0 amide bonds. The van der Waals surface area contributed by atoms with Gasteiger partial charge < -0.3 is 14.5 Å². The van der Waals surface area contributed by atoms with Gasteiger partial charge in [0.1, 0.15) is 11.9 Å². The maximum Gasteiger partial charge on any atom is 0.416 e. The third-order valence-corrected chi connectivity index (χ3v) is 7.54. The molecule has 2 fully saturated rings. The van der Waals surface area contributed by atoms with Gasteiger partial charge in [-0.1, -0.05) is 0 Å². The number of nitrogens with zero attached hydrogens (tertiary/aromatic N) is 7. The van der Waals surface area contributed by atoms with Crippen LogP contribution in [0.15, 0.2) is 12.3 Å². The largest absolute Gasteiger partial charge is 0.416 e. The molecule has 2 aliphatic heterocycles. The molecule has 2 aliphatic rings. The summed E-state index contributed by atoms with van der Waals surface area (Å²) in [5, 5.41) is 13.3. The molecule has 34 heavy (non-hydrogen) atoms. The molecule has 2 aromatic heterocycles. The second kappa shape index (κ2) is 9.43. The van der Waals surface area contributed by atoms with E-state index in [0.717, 1.165) is 54.3 Å². The second-order valence-electron chi connectivity index (χ2n) is 9.55. The lowest BCUT2D eigenvalue weighted by Gasteiger charge is -2.39. The SMILES string of the molecule is Cc1c(-c2ccnn2C)nnc(N2CCC(N(C)CC3C(C(F)(F)F)OC(C)N3C)CC2)c1C. The fourth-order valence-corrected chi connectivity index (χ4v) is 5.11. The van der Waals surface area contributed by atoms with Crippen molar-refractivity contribution in [2.24, 2.45) is 7.05 Å². The Hall–Kier alpha value is -2.24. The number of anilines is 1. The van der Waals surface area contributed by atoms with Gasteiger partial charge in [-0.25, -0.2) is 0 Å². The summed E-state index contributed by atoms with van der Waals surface area (Å²) in [5.74, 6) is 0.874. The van der Waals surface area contributed by atoms with Gasteiger partial charge in [-0.15, -0.1) is 10.2 Å². The van der Waals surface area contributed by atoms with Crippen molar-refractivity contribution in [2.75, 3.05) is 38.6 Å². The molecule has 8 nitrogen and oxygen atoms in total. The van der Waals surface area contributed by atoms with Crippen LogP contribution < -0.4 is 4.90 Å². The molecule has 3 atom stereocenters. The minimum Gasteiger partial charge on any atom is -0.355 e. The van der Waals surface area contributed by atoms with Crippen LogP contribution in [0.25, 0.3) is 11.4 Å². The van der Waals surface area contributed by atoms with Gasteiger partial charge in [-0.05, 0) is 64.9 Å². The van der Waals surface area contributed by atoms with Crippen molar-refractivity contribution in [2.45, 2.75) is 64.2 Å². The highest BCUT2D eigenvalue weighted by Crippen LogP contribution is 2.35. The zero-order valence-electron chi connectivity index (χ0n) is 20.7. The third-order valence-electron chi connectivity index (χ3n) is 7.54. The quantitative estimate of drug-likeness (QED) is 0.651. The molecule has 0 N–H and O–H groups in total. The smallest absolute Gasteiger partial charge is 0.355 e. The van der Waals surface area contributed by atoms with Crippen molar-refractivity contribution in [3.8, 4) is 11.4 Å². The maximum absolute atomic E-state index is 13.5. The lowest BCUT2D eigenvalue weighted by atomic mass is 10.0. The Morgan fingerprint density at radius 1 is 1.12 bits per heavy atom. The first-order chi connectivity index (χ1) is 16.0. The van der Waals surface area contributed by atoms with Crippen molar-refractivity contribution >= 4 is 5.82 Å². The van der Waals surface area contributed by atoms with Crippen molar-refractivity contribution in [3.05, 3.63) is 23.4 Å². The first-order valence-corrected chi connectivity index (χ1v) is 11.7. The number of hydrogen-bond donors (Lipinski definition) is 0. The molecule has 0 aliphatic carbocycles. The standard InChI is InChI=1S/C23H34F3N7O/c1-14-15(2)22(29-28-20(14)18-7-10-27-32(18)6)33-11-8-17(9-12-33)30(4)13-19-21(23(24,25)26)34-16(3)31(19)5/h7,10,16-17,19,21H,8-9,11-13H2,1-6H3. The summed E-state index contributed by atoms with van der Waals surface area (Å²) in [6.45, 7) is 7.66. The summed E-state index contributed by atoms with van der Waals surface area (Å²) in [6.07, 6.45) is -3.23. The molecule has 4 heterocycles. The minimum absolute atomic E-state index is 0.206. The van der Waals surface area contributed by atoms with Crippen molar-refractivity contribution < 1.29 is 17.9 Å². The van der Waals surface area contributed by atoms with Gasteiger partial charge in [-0.3, -0.25) is 9.58 Å². The lowest BCUT2D eigenvalue weighted by Crippen LogP contribution is -2.52. The first-order valence-electron chi connectivity index (χ1n) is 11.7. The molecular formula is C23H34F3N7O. The highest BCUT2D eigenvalue weighted by Gasteiger charge is 2.53. The number of likely N-dealkylation sites (N-methyl/N-ethyl adjacent to an activating group) is 2. The van der Waals surface area contributed by atoms with E-state index >= 15 is 0 Å². The van der Waals surface area contributed by atoms with Crippen LogP contribution in [-0.2, 0) is 11.8 Å². The Bertz CT molecular complexity index is 1000. The molecule has 3 unspecified atom stereocenters. The van der Waals surface area contributed by atoms with E-state index in [2.05, 4.69) is 38.9 Å². The van der Waals surface area contributed by atoms with Crippen LogP contribution in [0, 0.1) is 13.8 Å². The van der Waals surface area contributed by atoms with E-state index in [9.17, 15) is 13.2 Å². The minimum atomic E-state index is -4.37. The van der Waals surface area contributed by atoms with Crippen LogP contribution in [0.2, 0.25) is 0 Å². The number of hydrogen-bond acceptors (Lipinski definition) is 7. The van der Waals surface area contributed by atoms with E-state index in [1.807, 2.05) is 20.2 Å². The number of piperidine rings is 1. The predicted molar refractivity (Wildman–Crippen MR) is 124 cm³/mol. The van der Waals surface area contributed by atoms with Gasteiger partial charge in [0.05, 0.1) is 11.7 Å². The summed E-state index contributed by atoms with van der Waals surface area (Å²) in [7, 11) is 5.51. The van der Waals surface area contributed by atoms with Gasteiger partial charge in [0, 0.05) is 38.9 Å². The molecule has 11 heteroatoms. The number of halogens is 3. The van der Waals surface area contributed by atoms with E-state index < -0.39 is 24.6 Å². The van der Waals surface area contributed by atoms with Crippen LogP contribution in [0.3, 0.4) is 0 Å². The zero-order valence-corrected chi connectivity index (χ0v) is 20.7. The van der Waals surface area contributed by atoms with Gasteiger partial charge in [0.25, 0.3) is 0 Å². The Labute approximate surface area is 198 Å². The molecule has 0 spiro atoms. The Balaban J connectivity index is 1.40. The molecular weight excluding hydrogens is 447 g/mol.